The molecular formula is C18H11N3O7. The lowest BCUT2D eigenvalue weighted by atomic mass is 10.0. The van der Waals surface area contributed by atoms with Gasteiger partial charge in [0.1, 0.15) is 5.71 Å². The molecule has 0 bridgehead atoms. The second-order valence-corrected chi connectivity index (χ2v) is 5.57. The largest absolute Gasteiger partial charge is 0.502 e. The molecule has 1 N–H and O–H groups in total. The molecule has 0 radical (unpaired) electrons. The molecular weight excluding hydrogens is 370 g/mol. The number of non-ortho nitro benzene ring substituents is 1. The highest BCUT2D eigenvalue weighted by Crippen LogP contribution is 2.31. The van der Waals surface area contributed by atoms with E-state index in [2.05, 4.69) is 9.99 Å². The predicted molar refractivity (Wildman–Crippen MR) is 98.4 cm³/mol. The van der Waals surface area contributed by atoms with Gasteiger partial charge in [0.05, 0.1) is 15.4 Å². The van der Waals surface area contributed by atoms with E-state index in [1.165, 1.54) is 48.6 Å². The van der Waals surface area contributed by atoms with Crippen molar-refractivity contribution in [1.29, 1.82) is 0 Å². The van der Waals surface area contributed by atoms with E-state index in [0.29, 0.717) is 5.56 Å². The molecule has 140 valence electrons. The number of aromatic hydroxyl groups is 1. The lowest BCUT2D eigenvalue weighted by Gasteiger charge is -2.01. The molecule has 0 saturated carbocycles. The standard InChI is InChI=1S/C18H11N3O7/c22-17-12(2-1-3-16(17)21(26)27)10-14-15(19-28-18(14)23)9-6-11-4-7-13(8-5-11)20(24)25/h1-10,22H/b9-6?,14-10-. The van der Waals surface area contributed by atoms with Gasteiger partial charge in [0.25, 0.3) is 5.69 Å². The second kappa shape index (κ2) is 7.50. The Bertz CT molecular complexity index is 1070. The van der Waals surface area contributed by atoms with Gasteiger partial charge >= 0.3 is 11.7 Å². The van der Waals surface area contributed by atoms with Gasteiger partial charge in [-0.2, -0.15) is 0 Å². The summed E-state index contributed by atoms with van der Waals surface area (Å²) < 4.78 is 0. The van der Waals surface area contributed by atoms with Gasteiger partial charge in [-0.15, -0.1) is 0 Å². The number of nitro groups is 2. The van der Waals surface area contributed by atoms with Gasteiger partial charge in [-0.05, 0) is 29.8 Å². The number of rotatable bonds is 5. The van der Waals surface area contributed by atoms with Crippen LogP contribution in [0.4, 0.5) is 11.4 Å². The molecule has 0 amide bonds. The molecule has 0 saturated heterocycles. The topological polar surface area (TPSA) is 145 Å². The molecule has 1 aliphatic rings. The molecule has 0 unspecified atom stereocenters. The van der Waals surface area contributed by atoms with Gasteiger partial charge < -0.3 is 9.94 Å². The van der Waals surface area contributed by atoms with E-state index in [-0.39, 0.29) is 22.5 Å². The maximum Gasteiger partial charge on any atom is 0.368 e. The number of nitro benzene ring substituents is 2. The van der Waals surface area contributed by atoms with E-state index >= 15 is 0 Å². The molecule has 10 nitrogen and oxygen atoms in total. The summed E-state index contributed by atoms with van der Waals surface area (Å²) in [6.07, 6.45) is 4.24. The number of allylic oxidation sites excluding steroid dienone is 1. The van der Waals surface area contributed by atoms with Crippen molar-refractivity contribution < 1.29 is 24.6 Å². The van der Waals surface area contributed by atoms with Crippen molar-refractivity contribution in [2.45, 2.75) is 0 Å². The van der Waals surface area contributed by atoms with Crippen LogP contribution in [0, 0.1) is 20.2 Å². The Hall–Kier alpha value is -4.34. The Balaban J connectivity index is 1.89. The van der Waals surface area contributed by atoms with Crippen molar-refractivity contribution in [2.75, 3.05) is 0 Å². The number of benzene rings is 2. The van der Waals surface area contributed by atoms with Gasteiger partial charge in [0.15, 0.2) is 0 Å². The molecule has 3 rings (SSSR count). The quantitative estimate of drug-likeness (QED) is 0.362. The fraction of sp³-hybridized carbons (Fsp3) is 0. The number of hydrogen-bond acceptors (Lipinski definition) is 8. The van der Waals surface area contributed by atoms with E-state index < -0.39 is 27.3 Å². The van der Waals surface area contributed by atoms with E-state index in [4.69, 9.17) is 0 Å². The van der Waals surface area contributed by atoms with E-state index in [1.807, 2.05) is 0 Å². The van der Waals surface area contributed by atoms with Crippen molar-refractivity contribution in [3.05, 3.63) is 85.5 Å². The highest BCUT2D eigenvalue weighted by Gasteiger charge is 2.25. The highest BCUT2D eigenvalue weighted by molar-refractivity contribution is 6.30. The molecule has 1 aliphatic heterocycles. The monoisotopic (exact) mass is 381 g/mol. The van der Waals surface area contributed by atoms with Gasteiger partial charge in [-0.1, -0.05) is 23.4 Å². The summed E-state index contributed by atoms with van der Waals surface area (Å²) in [4.78, 5) is 36.9. The fourth-order valence-corrected chi connectivity index (χ4v) is 2.40. The summed E-state index contributed by atoms with van der Waals surface area (Å²) in [5.74, 6) is -1.37. The van der Waals surface area contributed by atoms with Crippen LogP contribution in [0.1, 0.15) is 11.1 Å². The fourth-order valence-electron chi connectivity index (χ4n) is 2.40. The summed E-state index contributed by atoms with van der Waals surface area (Å²) in [6.45, 7) is 0. The number of oxime groups is 1. The average molecular weight is 381 g/mol. The number of phenols is 1. The third-order valence-corrected chi connectivity index (χ3v) is 3.80. The predicted octanol–water partition coefficient (Wildman–Crippen LogP) is 3.22. The molecule has 10 heteroatoms. The third-order valence-electron chi connectivity index (χ3n) is 3.80. The molecule has 0 aliphatic carbocycles. The summed E-state index contributed by atoms with van der Waals surface area (Å²) in [6, 6.07) is 9.59. The van der Waals surface area contributed by atoms with Crippen LogP contribution >= 0.6 is 0 Å². The van der Waals surface area contributed by atoms with Crippen LogP contribution in [0.5, 0.6) is 5.75 Å². The smallest absolute Gasteiger partial charge is 0.368 e. The summed E-state index contributed by atoms with van der Waals surface area (Å²) in [5.41, 5.74) is 0.240. The molecule has 1 heterocycles. The van der Waals surface area contributed by atoms with Gasteiger partial charge in [-0.3, -0.25) is 20.2 Å². The van der Waals surface area contributed by atoms with Gasteiger partial charge in [0.2, 0.25) is 5.75 Å². The number of para-hydroxylation sites is 1. The first-order valence-corrected chi connectivity index (χ1v) is 7.77. The molecule has 2 aromatic carbocycles. The van der Waals surface area contributed by atoms with E-state index in [9.17, 15) is 30.1 Å². The number of carbonyl (C=O) groups is 1. The first-order chi connectivity index (χ1) is 13.4. The summed E-state index contributed by atoms with van der Waals surface area (Å²) >= 11 is 0. The van der Waals surface area contributed by atoms with Gasteiger partial charge in [-0.25, -0.2) is 4.79 Å². The van der Waals surface area contributed by atoms with Crippen molar-refractivity contribution in [1.82, 2.24) is 0 Å². The maximum atomic E-state index is 11.9. The van der Waals surface area contributed by atoms with Crippen molar-refractivity contribution in [2.24, 2.45) is 5.16 Å². The van der Waals surface area contributed by atoms with Crippen LogP contribution < -0.4 is 0 Å². The minimum atomic E-state index is -0.783. The Morgan fingerprint density at radius 1 is 1.00 bits per heavy atom. The number of carbonyl (C=O) groups excluding carboxylic acids is 1. The van der Waals surface area contributed by atoms with Crippen LogP contribution in [-0.2, 0) is 9.63 Å². The lowest BCUT2D eigenvalue weighted by Crippen LogP contribution is -2.03. The third kappa shape index (κ3) is 3.75. The molecule has 0 aromatic heterocycles. The van der Waals surface area contributed by atoms with Crippen molar-refractivity contribution in [3.63, 3.8) is 0 Å². The second-order valence-electron chi connectivity index (χ2n) is 5.57. The van der Waals surface area contributed by atoms with Crippen molar-refractivity contribution >= 4 is 35.2 Å². The van der Waals surface area contributed by atoms with Crippen molar-refractivity contribution in [3.8, 4) is 5.75 Å². The van der Waals surface area contributed by atoms with Crippen LogP contribution in [0.2, 0.25) is 0 Å². The molecule has 2 aromatic rings. The Labute approximate surface area is 157 Å². The molecule has 0 spiro atoms. The maximum absolute atomic E-state index is 11.9. The highest BCUT2D eigenvalue weighted by atomic mass is 16.7. The zero-order chi connectivity index (χ0) is 20.3. The number of hydrogen-bond donors (Lipinski definition) is 1. The summed E-state index contributed by atoms with van der Waals surface area (Å²) in [5, 5.41) is 35.2. The van der Waals surface area contributed by atoms with Gasteiger partial charge in [0, 0.05) is 23.8 Å². The van der Waals surface area contributed by atoms with E-state index in [0.717, 1.165) is 6.07 Å². The zero-order valence-electron chi connectivity index (χ0n) is 14.0. The zero-order valence-corrected chi connectivity index (χ0v) is 14.0. The Kier molecular flexibility index (Phi) is 4.94. The van der Waals surface area contributed by atoms with Crippen LogP contribution in [0.25, 0.3) is 12.2 Å². The van der Waals surface area contributed by atoms with E-state index in [1.54, 1.807) is 6.08 Å². The van der Waals surface area contributed by atoms with Crippen LogP contribution in [0.3, 0.4) is 0 Å². The lowest BCUT2D eigenvalue weighted by molar-refractivity contribution is -0.385. The first kappa shape index (κ1) is 18.5. The number of phenolic OH excluding ortho intramolecular Hbond substituents is 1. The Morgan fingerprint density at radius 3 is 2.36 bits per heavy atom. The first-order valence-electron chi connectivity index (χ1n) is 7.77. The minimum Gasteiger partial charge on any atom is -0.502 e. The van der Waals surface area contributed by atoms with Crippen LogP contribution in [-0.4, -0.2) is 26.6 Å². The minimum absolute atomic E-state index is 0.00559. The average Bonchev–Trinajstić information content (AvgIpc) is 3.01. The van der Waals surface area contributed by atoms with Crippen LogP contribution in [0.15, 0.2) is 59.3 Å². The summed E-state index contributed by atoms with van der Waals surface area (Å²) in [7, 11) is 0. The molecule has 0 fully saturated rings. The normalized spacial score (nSPS) is 14.9. The Morgan fingerprint density at radius 2 is 1.71 bits per heavy atom. The molecule has 28 heavy (non-hydrogen) atoms. The molecule has 0 atom stereocenters. The number of nitrogens with zero attached hydrogens (tertiary/aromatic N) is 3. The SMILES string of the molecule is O=C1ON=C(C=Cc2ccc([N+](=O)[O-])cc2)/C1=C/c1cccc([N+](=O)[O-])c1O.